The summed E-state index contributed by atoms with van der Waals surface area (Å²) in [5.41, 5.74) is 3.72. The normalized spacial score (nSPS) is 19.2. The van der Waals surface area contributed by atoms with Crippen molar-refractivity contribution in [1.29, 1.82) is 0 Å². The van der Waals surface area contributed by atoms with Gasteiger partial charge in [-0.1, -0.05) is 30.7 Å². The molecule has 7 nitrogen and oxygen atoms in total. The summed E-state index contributed by atoms with van der Waals surface area (Å²) in [7, 11) is -3.59. The van der Waals surface area contributed by atoms with Crippen LogP contribution < -0.4 is 10.8 Å². The Balaban J connectivity index is 1.50. The molecule has 2 aromatic carbocycles. The Labute approximate surface area is 212 Å². The molecule has 3 N–H and O–H groups in total. The second-order valence-electron chi connectivity index (χ2n) is 8.60. The molecule has 1 aliphatic heterocycles. The zero-order chi connectivity index (χ0) is 25.8. The van der Waals surface area contributed by atoms with Crippen molar-refractivity contribution in [2.24, 2.45) is 0 Å². The zero-order valence-electron chi connectivity index (χ0n) is 19.2. The highest BCUT2D eigenvalue weighted by atomic mass is 32.2. The molecule has 4 rings (SSSR count). The fourth-order valence-corrected chi connectivity index (χ4v) is 8.08. The SMILES string of the molecule is O=C(C=Cc1ccc(-c2ccc([C@@]3(CC(=O)NO)CCCCS3(=O)=O)s2)cc1)Nc1ccc(F)cc1. The van der Waals surface area contributed by atoms with E-state index >= 15 is 0 Å². The van der Waals surface area contributed by atoms with Gasteiger partial charge in [0.25, 0.3) is 0 Å². The fraction of sp³-hybridized carbons (Fsp3) is 0.231. The van der Waals surface area contributed by atoms with Crippen LogP contribution in [0.3, 0.4) is 0 Å². The molecule has 0 unspecified atom stereocenters. The Morgan fingerprint density at radius 3 is 2.42 bits per heavy atom. The first-order chi connectivity index (χ1) is 17.2. The molecule has 2 heterocycles. The van der Waals surface area contributed by atoms with Crippen molar-refractivity contribution in [2.45, 2.75) is 30.4 Å². The molecule has 188 valence electrons. The predicted octanol–water partition coefficient (Wildman–Crippen LogP) is 4.90. The lowest BCUT2D eigenvalue weighted by atomic mass is 9.94. The number of carbonyl (C=O) groups is 2. The molecule has 1 fully saturated rings. The minimum atomic E-state index is -3.59. The van der Waals surface area contributed by atoms with Crippen LogP contribution >= 0.6 is 11.3 Å². The Morgan fingerprint density at radius 1 is 1.03 bits per heavy atom. The van der Waals surface area contributed by atoms with Gasteiger partial charge in [0.15, 0.2) is 9.84 Å². The number of hydrogen-bond donors (Lipinski definition) is 3. The number of hydroxylamine groups is 1. The molecule has 0 spiro atoms. The van der Waals surface area contributed by atoms with Gasteiger partial charge in [-0.05, 0) is 66.4 Å². The van der Waals surface area contributed by atoms with Crippen LogP contribution in [0.15, 0.2) is 66.7 Å². The van der Waals surface area contributed by atoms with Gasteiger partial charge in [0.2, 0.25) is 11.8 Å². The van der Waals surface area contributed by atoms with E-state index in [9.17, 15) is 22.4 Å². The molecule has 10 heteroatoms. The average molecular weight is 529 g/mol. The molecule has 0 saturated carbocycles. The lowest BCUT2D eigenvalue weighted by molar-refractivity contribution is -0.130. The van der Waals surface area contributed by atoms with Crippen LogP contribution in [0.4, 0.5) is 10.1 Å². The maximum absolute atomic E-state index is 13.1. The number of anilines is 1. The second-order valence-corrected chi connectivity index (χ2v) is 12.1. The Bertz CT molecular complexity index is 1380. The summed E-state index contributed by atoms with van der Waals surface area (Å²) < 4.78 is 37.8. The van der Waals surface area contributed by atoms with Gasteiger partial charge in [-0.2, -0.15) is 0 Å². The summed E-state index contributed by atoms with van der Waals surface area (Å²) in [4.78, 5) is 25.6. The Morgan fingerprint density at radius 2 is 1.75 bits per heavy atom. The standard InChI is InChI=1S/C26H25FN2O5S2/c27-20-8-10-21(11-9-20)28-24(30)14-5-18-3-6-19(7-4-18)22-12-13-23(35-22)26(17-25(31)29-32)15-1-2-16-36(26,33)34/h3-14,32H,1-2,15-17H2,(H,28,30)(H,29,31)/t26-/m0/s1. The van der Waals surface area contributed by atoms with Crippen molar-refractivity contribution < 1.29 is 27.6 Å². The van der Waals surface area contributed by atoms with E-state index < -0.39 is 20.5 Å². The number of thiophene rings is 1. The summed E-state index contributed by atoms with van der Waals surface area (Å²) in [5, 5.41) is 11.7. The molecule has 0 radical (unpaired) electrons. The lowest BCUT2D eigenvalue weighted by Gasteiger charge is -2.35. The first kappa shape index (κ1) is 25.7. The lowest BCUT2D eigenvalue weighted by Crippen LogP contribution is -2.43. The number of amides is 2. The van der Waals surface area contributed by atoms with Gasteiger partial charge in [0.1, 0.15) is 10.6 Å². The zero-order valence-corrected chi connectivity index (χ0v) is 20.9. The molecule has 1 aliphatic rings. The van der Waals surface area contributed by atoms with E-state index in [1.54, 1.807) is 17.6 Å². The molecule has 0 aliphatic carbocycles. The minimum Gasteiger partial charge on any atom is -0.323 e. The van der Waals surface area contributed by atoms with Crippen molar-refractivity contribution in [1.82, 2.24) is 5.48 Å². The van der Waals surface area contributed by atoms with Crippen LogP contribution in [0.5, 0.6) is 0 Å². The van der Waals surface area contributed by atoms with E-state index in [-0.39, 0.29) is 23.9 Å². The van der Waals surface area contributed by atoms with E-state index in [1.807, 2.05) is 30.3 Å². The molecule has 1 aromatic heterocycles. The molecule has 2 amide bonds. The van der Waals surface area contributed by atoms with Crippen molar-refractivity contribution >= 4 is 44.8 Å². The van der Waals surface area contributed by atoms with E-state index in [0.29, 0.717) is 29.8 Å². The van der Waals surface area contributed by atoms with Gasteiger partial charge in [-0.25, -0.2) is 18.3 Å². The van der Waals surface area contributed by atoms with Crippen molar-refractivity contribution in [3.8, 4) is 10.4 Å². The third-order valence-electron chi connectivity index (χ3n) is 6.20. The summed E-state index contributed by atoms with van der Waals surface area (Å²) in [6.07, 6.45) is 4.27. The smallest absolute Gasteiger partial charge is 0.248 e. The number of rotatable bonds is 7. The Hall–Kier alpha value is -3.34. The number of hydrogen-bond acceptors (Lipinski definition) is 6. The maximum Gasteiger partial charge on any atom is 0.248 e. The Kier molecular flexibility index (Phi) is 7.67. The third-order valence-corrected chi connectivity index (χ3v) is 10.3. The summed E-state index contributed by atoms with van der Waals surface area (Å²) in [5.74, 6) is -1.45. The quantitative estimate of drug-likeness (QED) is 0.230. The van der Waals surface area contributed by atoms with Gasteiger partial charge < -0.3 is 5.32 Å². The van der Waals surface area contributed by atoms with Crippen molar-refractivity contribution in [3.05, 3.63) is 83.0 Å². The third kappa shape index (κ3) is 5.56. The number of benzene rings is 2. The van der Waals surface area contributed by atoms with Crippen LogP contribution in [0, 0.1) is 5.82 Å². The largest absolute Gasteiger partial charge is 0.323 e. The first-order valence-electron chi connectivity index (χ1n) is 11.3. The van der Waals surface area contributed by atoms with E-state index in [4.69, 9.17) is 5.21 Å². The molecular formula is C26H25FN2O5S2. The molecule has 0 bridgehead atoms. The second kappa shape index (κ2) is 10.7. The number of halogens is 1. The minimum absolute atomic E-state index is 0.00864. The molecular weight excluding hydrogens is 503 g/mol. The van der Waals surface area contributed by atoms with E-state index in [2.05, 4.69) is 5.32 Å². The van der Waals surface area contributed by atoms with Crippen LogP contribution in [-0.2, 0) is 24.2 Å². The summed E-state index contributed by atoms with van der Waals surface area (Å²) in [6, 6.07) is 16.5. The van der Waals surface area contributed by atoms with Gasteiger partial charge in [-0.3, -0.25) is 14.8 Å². The van der Waals surface area contributed by atoms with Crippen molar-refractivity contribution in [2.75, 3.05) is 11.1 Å². The molecule has 36 heavy (non-hydrogen) atoms. The topological polar surface area (TPSA) is 113 Å². The highest BCUT2D eigenvalue weighted by molar-refractivity contribution is 7.92. The number of nitrogens with one attached hydrogen (secondary N) is 2. The van der Waals surface area contributed by atoms with E-state index in [0.717, 1.165) is 16.0 Å². The molecule has 1 saturated heterocycles. The van der Waals surface area contributed by atoms with Gasteiger partial charge in [0.05, 0.1) is 12.2 Å². The van der Waals surface area contributed by atoms with Crippen LogP contribution in [-0.4, -0.2) is 31.2 Å². The predicted molar refractivity (Wildman–Crippen MR) is 138 cm³/mol. The van der Waals surface area contributed by atoms with Gasteiger partial charge in [-0.15, -0.1) is 11.3 Å². The maximum atomic E-state index is 13.1. The fourth-order valence-electron chi connectivity index (χ4n) is 4.30. The molecule has 3 aromatic rings. The van der Waals surface area contributed by atoms with Crippen LogP contribution in [0.1, 0.15) is 36.1 Å². The highest BCUT2D eigenvalue weighted by Crippen LogP contribution is 2.47. The summed E-state index contributed by atoms with van der Waals surface area (Å²) >= 11 is 1.32. The van der Waals surface area contributed by atoms with Crippen LogP contribution in [0.2, 0.25) is 0 Å². The summed E-state index contributed by atoms with van der Waals surface area (Å²) in [6.45, 7) is 0. The average Bonchev–Trinajstić information content (AvgIpc) is 3.36. The van der Waals surface area contributed by atoms with E-state index in [1.165, 1.54) is 41.7 Å². The first-order valence-corrected chi connectivity index (χ1v) is 13.8. The number of carbonyl (C=O) groups excluding carboxylic acids is 2. The van der Waals surface area contributed by atoms with Crippen molar-refractivity contribution in [3.63, 3.8) is 0 Å². The molecule has 1 atom stereocenters. The van der Waals surface area contributed by atoms with Gasteiger partial charge in [0, 0.05) is 21.5 Å². The number of sulfone groups is 1. The van der Waals surface area contributed by atoms with Gasteiger partial charge >= 0.3 is 0 Å². The van der Waals surface area contributed by atoms with Crippen LogP contribution in [0.25, 0.3) is 16.5 Å². The monoisotopic (exact) mass is 528 g/mol. The highest BCUT2D eigenvalue weighted by Gasteiger charge is 2.49.